The average Bonchev–Trinajstić information content (AvgIpc) is 2.40. The highest BCUT2D eigenvalue weighted by Gasteiger charge is 2.02. The molecule has 2 aromatic rings. The molecule has 0 aliphatic rings. The van der Waals surface area contributed by atoms with Crippen LogP contribution in [0.4, 0.5) is 11.6 Å². The number of benzene rings is 1. The summed E-state index contributed by atoms with van der Waals surface area (Å²) in [5, 5.41) is 3.11. The summed E-state index contributed by atoms with van der Waals surface area (Å²) in [7, 11) is 0. The molecule has 0 bridgehead atoms. The zero-order chi connectivity index (χ0) is 13.0. The van der Waals surface area contributed by atoms with Crippen molar-refractivity contribution in [2.75, 3.05) is 5.32 Å². The van der Waals surface area contributed by atoms with Gasteiger partial charge in [0.15, 0.2) is 0 Å². The quantitative estimate of drug-likeness (QED) is 0.825. The van der Waals surface area contributed by atoms with Crippen LogP contribution in [0.3, 0.4) is 0 Å². The Morgan fingerprint density at radius 2 is 2.00 bits per heavy atom. The molecule has 4 nitrogen and oxygen atoms in total. The van der Waals surface area contributed by atoms with Crippen molar-refractivity contribution in [2.45, 2.75) is 13.3 Å². The number of hydrogen-bond acceptors (Lipinski definition) is 4. The third-order valence-electron chi connectivity index (χ3n) is 2.53. The number of anilines is 2. The van der Waals surface area contributed by atoms with Gasteiger partial charge in [0.25, 0.3) is 0 Å². The molecule has 0 radical (unpaired) electrons. The first kappa shape index (κ1) is 12.4. The lowest BCUT2D eigenvalue weighted by molar-refractivity contribution is 1.13. The minimum Gasteiger partial charge on any atom is -0.388 e. The molecule has 1 aromatic heterocycles. The van der Waals surface area contributed by atoms with Gasteiger partial charge in [0.2, 0.25) is 5.95 Å². The van der Waals surface area contributed by atoms with Gasteiger partial charge >= 0.3 is 0 Å². The predicted octanol–water partition coefficient (Wildman–Crippen LogP) is 2.42. The van der Waals surface area contributed by atoms with Crippen molar-refractivity contribution in [3.8, 4) is 0 Å². The van der Waals surface area contributed by atoms with Crippen molar-refractivity contribution < 1.29 is 0 Å². The molecule has 0 saturated heterocycles. The van der Waals surface area contributed by atoms with E-state index in [2.05, 4.69) is 34.3 Å². The third kappa shape index (κ3) is 3.01. The maximum absolute atomic E-state index is 5.53. The van der Waals surface area contributed by atoms with Gasteiger partial charge in [0, 0.05) is 11.9 Å². The standard InChI is InChI=1S/C13H14N4S/c1-2-9-3-5-10(6-4-9)16-13-15-8-7-11(17-13)12(14)18/h3-8H,2H2,1H3,(H2,14,18)(H,15,16,17). The Bertz CT molecular complexity index is 551. The molecular weight excluding hydrogens is 244 g/mol. The molecule has 0 amide bonds. The Kier molecular flexibility index (Phi) is 3.84. The second-order valence-corrected chi connectivity index (χ2v) is 4.25. The van der Waals surface area contributed by atoms with Crippen LogP contribution in [0.1, 0.15) is 18.2 Å². The van der Waals surface area contributed by atoms with Crippen LogP contribution >= 0.6 is 12.2 Å². The zero-order valence-corrected chi connectivity index (χ0v) is 10.9. The van der Waals surface area contributed by atoms with Crippen LogP contribution in [0, 0.1) is 0 Å². The van der Waals surface area contributed by atoms with Gasteiger partial charge < -0.3 is 11.1 Å². The number of rotatable bonds is 4. The highest BCUT2D eigenvalue weighted by atomic mass is 32.1. The SMILES string of the molecule is CCc1ccc(Nc2nccc(C(N)=S)n2)cc1. The van der Waals surface area contributed by atoms with E-state index < -0.39 is 0 Å². The number of nitrogens with two attached hydrogens (primary N) is 1. The largest absolute Gasteiger partial charge is 0.388 e. The molecule has 0 atom stereocenters. The minimum atomic E-state index is 0.266. The van der Waals surface area contributed by atoms with Crippen molar-refractivity contribution >= 4 is 28.8 Å². The summed E-state index contributed by atoms with van der Waals surface area (Å²) in [5.41, 5.74) is 8.32. The number of aromatic nitrogens is 2. The molecular formula is C13H14N4S. The van der Waals surface area contributed by atoms with Gasteiger partial charge in [-0.05, 0) is 30.2 Å². The highest BCUT2D eigenvalue weighted by molar-refractivity contribution is 7.80. The molecule has 0 unspecified atom stereocenters. The smallest absolute Gasteiger partial charge is 0.227 e. The van der Waals surface area contributed by atoms with E-state index in [0.717, 1.165) is 12.1 Å². The number of aryl methyl sites for hydroxylation is 1. The second-order valence-electron chi connectivity index (χ2n) is 3.81. The summed E-state index contributed by atoms with van der Waals surface area (Å²) in [5.74, 6) is 0.490. The Morgan fingerprint density at radius 3 is 2.61 bits per heavy atom. The minimum absolute atomic E-state index is 0.266. The fourth-order valence-corrected chi connectivity index (χ4v) is 1.62. The van der Waals surface area contributed by atoms with Crippen LogP contribution in [0.25, 0.3) is 0 Å². The van der Waals surface area contributed by atoms with Crippen LogP contribution in [-0.2, 0) is 6.42 Å². The van der Waals surface area contributed by atoms with E-state index in [-0.39, 0.29) is 4.99 Å². The van der Waals surface area contributed by atoms with Crippen molar-refractivity contribution in [3.05, 3.63) is 47.8 Å². The lowest BCUT2D eigenvalue weighted by atomic mass is 10.1. The summed E-state index contributed by atoms with van der Waals surface area (Å²) >= 11 is 4.88. The molecule has 0 saturated carbocycles. The van der Waals surface area contributed by atoms with Gasteiger partial charge in [-0.15, -0.1) is 0 Å². The molecule has 92 valence electrons. The lowest BCUT2D eigenvalue weighted by Crippen LogP contribution is -2.12. The first-order chi connectivity index (χ1) is 8.69. The van der Waals surface area contributed by atoms with Gasteiger partial charge in [0.1, 0.15) is 10.7 Å². The maximum atomic E-state index is 5.53. The van der Waals surface area contributed by atoms with Crippen molar-refractivity contribution in [1.29, 1.82) is 0 Å². The Labute approximate surface area is 111 Å². The van der Waals surface area contributed by atoms with E-state index in [1.807, 2.05) is 12.1 Å². The summed E-state index contributed by atoms with van der Waals surface area (Å²) in [6.45, 7) is 2.12. The molecule has 3 N–H and O–H groups in total. The van der Waals surface area contributed by atoms with E-state index >= 15 is 0 Å². The number of thiocarbonyl (C=S) groups is 1. The van der Waals surface area contributed by atoms with Crippen LogP contribution in [0.5, 0.6) is 0 Å². The van der Waals surface area contributed by atoms with E-state index in [4.69, 9.17) is 18.0 Å². The maximum Gasteiger partial charge on any atom is 0.227 e. The molecule has 1 aromatic carbocycles. The topological polar surface area (TPSA) is 63.8 Å². The normalized spacial score (nSPS) is 10.1. The van der Waals surface area contributed by atoms with E-state index in [0.29, 0.717) is 11.6 Å². The fraction of sp³-hybridized carbons (Fsp3) is 0.154. The lowest BCUT2D eigenvalue weighted by Gasteiger charge is -2.06. The number of nitrogens with zero attached hydrogens (tertiary/aromatic N) is 2. The van der Waals surface area contributed by atoms with Gasteiger partial charge in [-0.25, -0.2) is 9.97 Å². The van der Waals surface area contributed by atoms with Gasteiger partial charge in [-0.3, -0.25) is 0 Å². The van der Waals surface area contributed by atoms with Gasteiger partial charge in [-0.1, -0.05) is 31.3 Å². The Balaban J connectivity index is 2.17. The van der Waals surface area contributed by atoms with E-state index in [9.17, 15) is 0 Å². The zero-order valence-electron chi connectivity index (χ0n) is 10.1. The van der Waals surface area contributed by atoms with Gasteiger partial charge in [-0.2, -0.15) is 0 Å². The predicted molar refractivity (Wildman–Crippen MR) is 77.0 cm³/mol. The van der Waals surface area contributed by atoms with Gasteiger partial charge in [0.05, 0.1) is 0 Å². The molecule has 0 aliphatic heterocycles. The summed E-state index contributed by atoms with van der Waals surface area (Å²) in [6.07, 6.45) is 2.65. The Morgan fingerprint density at radius 1 is 1.28 bits per heavy atom. The van der Waals surface area contributed by atoms with E-state index in [1.165, 1.54) is 5.56 Å². The van der Waals surface area contributed by atoms with Crippen LogP contribution in [-0.4, -0.2) is 15.0 Å². The van der Waals surface area contributed by atoms with Crippen LogP contribution in [0.15, 0.2) is 36.5 Å². The first-order valence-corrected chi connectivity index (χ1v) is 6.08. The molecule has 5 heteroatoms. The van der Waals surface area contributed by atoms with E-state index in [1.54, 1.807) is 12.3 Å². The molecule has 0 spiro atoms. The first-order valence-electron chi connectivity index (χ1n) is 5.68. The Hall–Kier alpha value is -2.01. The van der Waals surface area contributed by atoms with Crippen molar-refractivity contribution in [3.63, 3.8) is 0 Å². The summed E-state index contributed by atoms with van der Waals surface area (Å²) in [4.78, 5) is 8.61. The highest BCUT2D eigenvalue weighted by Crippen LogP contribution is 2.14. The monoisotopic (exact) mass is 258 g/mol. The molecule has 0 fully saturated rings. The molecule has 18 heavy (non-hydrogen) atoms. The average molecular weight is 258 g/mol. The summed E-state index contributed by atoms with van der Waals surface area (Å²) < 4.78 is 0. The third-order valence-corrected chi connectivity index (χ3v) is 2.74. The second kappa shape index (κ2) is 5.55. The molecule has 0 aliphatic carbocycles. The van der Waals surface area contributed by atoms with Crippen LogP contribution in [0.2, 0.25) is 0 Å². The summed E-state index contributed by atoms with van der Waals surface area (Å²) in [6, 6.07) is 9.82. The van der Waals surface area contributed by atoms with Crippen LogP contribution < -0.4 is 11.1 Å². The fourth-order valence-electron chi connectivity index (χ4n) is 1.51. The molecule has 2 rings (SSSR count). The van der Waals surface area contributed by atoms with Crippen molar-refractivity contribution in [1.82, 2.24) is 9.97 Å². The number of hydrogen-bond donors (Lipinski definition) is 2. The molecule has 1 heterocycles. The number of nitrogens with one attached hydrogen (secondary N) is 1. The van der Waals surface area contributed by atoms with Crippen molar-refractivity contribution in [2.24, 2.45) is 5.73 Å².